The molecule has 0 aromatic heterocycles. The molecule has 0 spiro atoms. The normalized spacial score (nSPS) is 27.9. The van der Waals surface area contributed by atoms with Crippen molar-refractivity contribution in [1.82, 2.24) is 0 Å². The maximum absolute atomic E-state index is 13.0. The van der Waals surface area contributed by atoms with Crippen molar-refractivity contribution in [2.75, 3.05) is 6.61 Å². The van der Waals surface area contributed by atoms with Crippen LogP contribution >= 0.6 is 0 Å². The molecule has 84 valence electrons. The Labute approximate surface area is 87.0 Å². The van der Waals surface area contributed by atoms with E-state index >= 15 is 0 Å². The highest BCUT2D eigenvalue weighted by molar-refractivity contribution is 4.70. The Balaban J connectivity index is 1.95. The zero-order chi connectivity index (χ0) is 10.2. The van der Waals surface area contributed by atoms with E-state index in [0.29, 0.717) is 19.4 Å². The second kappa shape index (κ2) is 7.22. The first-order valence-electron chi connectivity index (χ1n) is 6.08. The van der Waals surface area contributed by atoms with Gasteiger partial charge in [0.2, 0.25) is 0 Å². The second-order valence-electron chi connectivity index (χ2n) is 4.32. The molecule has 0 saturated carbocycles. The Hall–Kier alpha value is -0.110. The summed E-state index contributed by atoms with van der Waals surface area (Å²) in [6.07, 6.45) is 8.32. The lowest BCUT2D eigenvalue weighted by Crippen LogP contribution is -2.26. The summed E-state index contributed by atoms with van der Waals surface area (Å²) in [4.78, 5) is 0. The van der Waals surface area contributed by atoms with Crippen molar-refractivity contribution in [3.05, 3.63) is 0 Å². The summed E-state index contributed by atoms with van der Waals surface area (Å²) in [6.45, 7) is 2.85. The average Bonchev–Trinajstić information content (AvgIpc) is 2.18. The topological polar surface area (TPSA) is 9.23 Å². The number of alkyl halides is 1. The quantitative estimate of drug-likeness (QED) is 0.594. The van der Waals surface area contributed by atoms with Crippen molar-refractivity contribution in [2.24, 2.45) is 0 Å². The fraction of sp³-hybridized carbons (Fsp3) is 1.00. The summed E-state index contributed by atoms with van der Waals surface area (Å²) >= 11 is 0. The molecule has 14 heavy (non-hydrogen) atoms. The smallest absolute Gasteiger partial charge is 0.105 e. The van der Waals surface area contributed by atoms with Gasteiger partial charge < -0.3 is 4.74 Å². The number of ether oxygens (including phenoxy) is 1. The predicted molar refractivity (Wildman–Crippen MR) is 57.2 cm³/mol. The lowest BCUT2D eigenvalue weighted by atomic mass is 10.0. The van der Waals surface area contributed by atoms with Crippen LogP contribution in [0.1, 0.15) is 58.3 Å². The molecule has 1 rings (SSSR count). The van der Waals surface area contributed by atoms with E-state index in [-0.39, 0.29) is 6.10 Å². The minimum atomic E-state index is -0.607. The molecule has 0 N–H and O–H groups in total. The number of unbranched alkanes of at least 4 members (excludes halogenated alkanes) is 4. The van der Waals surface area contributed by atoms with Gasteiger partial charge >= 0.3 is 0 Å². The summed E-state index contributed by atoms with van der Waals surface area (Å²) in [6, 6.07) is 0. The van der Waals surface area contributed by atoms with Gasteiger partial charge in [0.25, 0.3) is 0 Å². The van der Waals surface area contributed by atoms with Crippen molar-refractivity contribution < 1.29 is 9.13 Å². The SMILES string of the molecule is CCCCCCC[C@@H]1C[C@H](F)CCO1. The van der Waals surface area contributed by atoms with Gasteiger partial charge in [-0.05, 0) is 6.42 Å². The molecule has 0 aromatic carbocycles. The van der Waals surface area contributed by atoms with Crippen LogP contribution in [0.25, 0.3) is 0 Å². The maximum atomic E-state index is 13.0. The Morgan fingerprint density at radius 1 is 1.21 bits per heavy atom. The van der Waals surface area contributed by atoms with E-state index in [0.717, 1.165) is 6.42 Å². The first-order chi connectivity index (χ1) is 6.83. The highest BCUT2D eigenvalue weighted by Crippen LogP contribution is 2.21. The van der Waals surface area contributed by atoms with Crippen LogP contribution in [-0.2, 0) is 4.74 Å². The van der Waals surface area contributed by atoms with Gasteiger partial charge in [0.1, 0.15) is 6.17 Å². The Morgan fingerprint density at radius 3 is 2.71 bits per heavy atom. The fourth-order valence-electron chi connectivity index (χ4n) is 2.01. The van der Waals surface area contributed by atoms with Crippen molar-refractivity contribution in [1.29, 1.82) is 0 Å². The predicted octanol–water partition coefficient (Wildman–Crippen LogP) is 3.86. The molecule has 2 heteroatoms. The van der Waals surface area contributed by atoms with Gasteiger partial charge in [0.15, 0.2) is 0 Å². The highest BCUT2D eigenvalue weighted by atomic mass is 19.1. The standard InChI is InChI=1S/C12H23FO/c1-2-3-4-5-6-7-12-10-11(13)8-9-14-12/h11-12H,2-10H2,1H3/t11-,12-/m1/s1. The molecule has 1 heterocycles. The van der Waals surface area contributed by atoms with Crippen molar-refractivity contribution >= 4 is 0 Å². The maximum Gasteiger partial charge on any atom is 0.105 e. The minimum absolute atomic E-state index is 0.209. The van der Waals surface area contributed by atoms with Gasteiger partial charge in [-0.3, -0.25) is 0 Å². The Bertz CT molecular complexity index is 138. The molecule has 2 atom stereocenters. The molecule has 0 aromatic rings. The molecule has 0 amide bonds. The Kier molecular flexibility index (Phi) is 6.17. The average molecular weight is 202 g/mol. The third kappa shape index (κ3) is 4.94. The number of halogens is 1. The molecule has 1 fully saturated rings. The minimum Gasteiger partial charge on any atom is -0.378 e. The van der Waals surface area contributed by atoms with E-state index in [9.17, 15) is 4.39 Å². The molecule has 0 aliphatic carbocycles. The van der Waals surface area contributed by atoms with Crippen molar-refractivity contribution in [2.45, 2.75) is 70.6 Å². The van der Waals surface area contributed by atoms with Crippen LogP contribution in [0.3, 0.4) is 0 Å². The van der Waals surface area contributed by atoms with Crippen LogP contribution in [0, 0.1) is 0 Å². The lowest BCUT2D eigenvalue weighted by Gasteiger charge is -2.25. The van der Waals surface area contributed by atoms with Gasteiger partial charge in [0.05, 0.1) is 6.10 Å². The van der Waals surface area contributed by atoms with Crippen LogP contribution in [0.2, 0.25) is 0 Å². The van der Waals surface area contributed by atoms with E-state index in [4.69, 9.17) is 4.74 Å². The highest BCUT2D eigenvalue weighted by Gasteiger charge is 2.21. The van der Waals surface area contributed by atoms with Crippen LogP contribution in [-0.4, -0.2) is 18.9 Å². The summed E-state index contributed by atoms with van der Waals surface area (Å²) < 4.78 is 18.5. The molecule has 1 saturated heterocycles. The van der Waals surface area contributed by atoms with Gasteiger partial charge in [-0.1, -0.05) is 39.0 Å². The van der Waals surface area contributed by atoms with Gasteiger partial charge in [-0.2, -0.15) is 0 Å². The molecule has 0 bridgehead atoms. The van der Waals surface area contributed by atoms with Crippen LogP contribution in [0.4, 0.5) is 4.39 Å². The summed E-state index contributed by atoms with van der Waals surface area (Å²) in [5.41, 5.74) is 0. The first kappa shape index (κ1) is 12.0. The van der Waals surface area contributed by atoms with E-state index in [1.54, 1.807) is 0 Å². The van der Waals surface area contributed by atoms with Crippen molar-refractivity contribution in [3.63, 3.8) is 0 Å². The van der Waals surface area contributed by atoms with Gasteiger partial charge in [0, 0.05) is 19.4 Å². The summed E-state index contributed by atoms with van der Waals surface area (Å²) in [5.74, 6) is 0. The molecule has 1 nitrogen and oxygen atoms in total. The number of hydrogen-bond acceptors (Lipinski definition) is 1. The fourth-order valence-corrected chi connectivity index (χ4v) is 2.01. The lowest BCUT2D eigenvalue weighted by molar-refractivity contribution is -0.0227. The molecule has 1 aliphatic rings. The second-order valence-corrected chi connectivity index (χ2v) is 4.32. The third-order valence-corrected chi connectivity index (χ3v) is 2.93. The summed E-state index contributed by atoms with van der Waals surface area (Å²) in [5, 5.41) is 0. The van der Waals surface area contributed by atoms with E-state index in [1.807, 2.05) is 0 Å². The summed E-state index contributed by atoms with van der Waals surface area (Å²) in [7, 11) is 0. The molecule has 0 unspecified atom stereocenters. The van der Waals surface area contributed by atoms with Crippen molar-refractivity contribution in [3.8, 4) is 0 Å². The molecular formula is C12H23FO. The first-order valence-corrected chi connectivity index (χ1v) is 6.08. The van der Waals surface area contributed by atoms with E-state index in [2.05, 4.69) is 6.92 Å². The molecule has 0 radical (unpaired) electrons. The molecule has 1 aliphatic heterocycles. The number of rotatable bonds is 6. The van der Waals surface area contributed by atoms with Gasteiger partial charge in [-0.25, -0.2) is 4.39 Å². The largest absolute Gasteiger partial charge is 0.378 e. The van der Waals surface area contributed by atoms with E-state index < -0.39 is 6.17 Å². The third-order valence-electron chi connectivity index (χ3n) is 2.93. The zero-order valence-electron chi connectivity index (χ0n) is 9.30. The van der Waals surface area contributed by atoms with E-state index in [1.165, 1.54) is 32.1 Å². The van der Waals surface area contributed by atoms with Gasteiger partial charge in [-0.15, -0.1) is 0 Å². The molecular weight excluding hydrogens is 179 g/mol. The Morgan fingerprint density at radius 2 is 2.00 bits per heavy atom. The van der Waals surface area contributed by atoms with Crippen LogP contribution < -0.4 is 0 Å². The number of hydrogen-bond donors (Lipinski definition) is 0. The zero-order valence-corrected chi connectivity index (χ0v) is 9.30. The monoisotopic (exact) mass is 202 g/mol. The van der Waals surface area contributed by atoms with Crippen LogP contribution in [0.5, 0.6) is 0 Å². The van der Waals surface area contributed by atoms with Crippen LogP contribution in [0.15, 0.2) is 0 Å².